The molecule has 0 aliphatic carbocycles. The van der Waals surface area contributed by atoms with Crippen LogP contribution in [0.5, 0.6) is 17.2 Å². The van der Waals surface area contributed by atoms with E-state index in [1.165, 1.54) is 14.2 Å². The number of hydrogen-bond acceptors (Lipinski definition) is 5. The molecule has 2 atom stereocenters. The molecule has 0 fully saturated rings. The minimum absolute atomic E-state index is 0.0350. The van der Waals surface area contributed by atoms with E-state index in [0.717, 1.165) is 12.0 Å². The molecule has 1 amide bonds. The van der Waals surface area contributed by atoms with Crippen LogP contribution in [-0.2, 0) is 16.0 Å². The number of amides is 1. The first-order valence-electron chi connectivity index (χ1n) is 9.84. The van der Waals surface area contributed by atoms with E-state index in [9.17, 15) is 14.7 Å². The summed E-state index contributed by atoms with van der Waals surface area (Å²) in [5, 5.41) is 12.3. The second-order valence-corrected chi connectivity index (χ2v) is 6.97. The van der Waals surface area contributed by atoms with Crippen LogP contribution in [-0.4, -0.2) is 43.9 Å². The van der Waals surface area contributed by atoms with E-state index in [-0.39, 0.29) is 25.0 Å². The Morgan fingerprint density at radius 1 is 1.07 bits per heavy atom. The number of hydrogen-bond donors (Lipinski definition) is 2. The van der Waals surface area contributed by atoms with Gasteiger partial charge in [0.2, 0.25) is 5.91 Å². The predicted octanol–water partition coefficient (Wildman–Crippen LogP) is 3.41. The predicted molar refractivity (Wildman–Crippen MR) is 113 cm³/mol. The molecule has 0 heterocycles. The van der Waals surface area contributed by atoms with Crippen LogP contribution in [0.25, 0.3) is 0 Å². The number of methoxy groups -OCH3 is 2. The third-order valence-electron chi connectivity index (χ3n) is 4.79. The van der Waals surface area contributed by atoms with Crippen LogP contribution in [0.4, 0.5) is 0 Å². The van der Waals surface area contributed by atoms with Crippen molar-refractivity contribution >= 4 is 11.9 Å². The fourth-order valence-corrected chi connectivity index (χ4v) is 2.93. The first kappa shape index (κ1) is 23.1. The number of ether oxygens (including phenoxy) is 3. The third-order valence-corrected chi connectivity index (χ3v) is 4.79. The van der Waals surface area contributed by atoms with Gasteiger partial charge in [-0.1, -0.05) is 25.1 Å². The summed E-state index contributed by atoms with van der Waals surface area (Å²) < 4.78 is 16.2. The Hall–Kier alpha value is -3.22. The van der Waals surface area contributed by atoms with E-state index >= 15 is 0 Å². The summed E-state index contributed by atoms with van der Waals surface area (Å²) in [7, 11) is 2.99. The molecular weight excluding hydrogens is 386 g/mol. The van der Waals surface area contributed by atoms with Crippen molar-refractivity contribution < 1.29 is 28.9 Å². The maximum atomic E-state index is 12.4. The number of carboxylic acids is 1. The van der Waals surface area contributed by atoms with Crippen molar-refractivity contribution in [2.45, 2.75) is 38.7 Å². The van der Waals surface area contributed by atoms with Crippen molar-refractivity contribution in [3.05, 3.63) is 53.6 Å². The third kappa shape index (κ3) is 6.40. The molecule has 0 radical (unpaired) electrons. The molecule has 2 aromatic carbocycles. The molecule has 2 unspecified atom stereocenters. The van der Waals surface area contributed by atoms with Gasteiger partial charge in [-0.25, -0.2) is 0 Å². The van der Waals surface area contributed by atoms with Crippen LogP contribution in [0.15, 0.2) is 42.5 Å². The van der Waals surface area contributed by atoms with Gasteiger partial charge in [0.1, 0.15) is 5.75 Å². The van der Waals surface area contributed by atoms with Crippen molar-refractivity contribution in [2.24, 2.45) is 0 Å². The Morgan fingerprint density at radius 2 is 1.80 bits per heavy atom. The number of benzene rings is 2. The normalized spacial score (nSPS) is 12.5. The van der Waals surface area contributed by atoms with Crippen molar-refractivity contribution in [1.29, 1.82) is 0 Å². The van der Waals surface area contributed by atoms with Crippen LogP contribution < -0.4 is 19.5 Å². The van der Waals surface area contributed by atoms with Gasteiger partial charge in [0.25, 0.3) is 0 Å². The maximum absolute atomic E-state index is 12.4. The molecule has 0 saturated carbocycles. The smallest absolute Gasteiger partial charge is 0.312 e. The summed E-state index contributed by atoms with van der Waals surface area (Å²) in [6.45, 7) is 3.99. The van der Waals surface area contributed by atoms with E-state index in [2.05, 4.69) is 5.32 Å². The van der Waals surface area contributed by atoms with Crippen molar-refractivity contribution in [3.63, 3.8) is 0 Å². The number of nitrogens with one attached hydrogen (secondary N) is 1. The Labute approximate surface area is 177 Å². The number of carboxylic acid groups (broad SMARTS) is 1. The quantitative estimate of drug-likeness (QED) is 0.584. The SMILES string of the molecule is CCC(C)Oc1cccc(CC(=O)NCC(C(=O)O)c2ccc(OC)c(OC)c2)c1. The highest BCUT2D eigenvalue weighted by molar-refractivity contribution is 5.81. The zero-order valence-electron chi connectivity index (χ0n) is 17.8. The van der Waals surface area contributed by atoms with Crippen LogP contribution >= 0.6 is 0 Å². The molecule has 162 valence electrons. The highest BCUT2D eigenvalue weighted by atomic mass is 16.5. The molecule has 2 rings (SSSR count). The fraction of sp³-hybridized carbons (Fsp3) is 0.391. The first-order chi connectivity index (χ1) is 14.4. The monoisotopic (exact) mass is 415 g/mol. The van der Waals surface area contributed by atoms with Crippen LogP contribution in [0.1, 0.15) is 37.3 Å². The number of carbonyl (C=O) groups excluding carboxylic acids is 1. The van der Waals surface area contributed by atoms with Gasteiger partial charge in [0.15, 0.2) is 11.5 Å². The molecule has 7 nitrogen and oxygen atoms in total. The van der Waals surface area contributed by atoms with Gasteiger partial charge in [-0.2, -0.15) is 0 Å². The highest BCUT2D eigenvalue weighted by Crippen LogP contribution is 2.30. The number of aliphatic carboxylic acids is 1. The van der Waals surface area contributed by atoms with E-state index in [1.807, 2.05) is 38.1 Å². The van der Waals surface area contributed by atoms with Crippen LogP contribution in [0.3, 0.4) is 0 Å². The van der Waals surface area contributed by atoms with E-state index in [4.69, 9.17) is 14.2 Å². The molecule has 30 heavy (non-hydrogen) atoms. The minimum Gasteiger partial charge on any atom is -0.493 e. The number of rotatable bonds is 11. The van der Waals surface area contributed by atoms with Gasteiger partial charge in [0, 0.05) is 6.54 Å². The van der Waals surface area contributed by atoms with Crippen LogP contribution in [0, 0.1) is 0 Å². The van der Waals surface area contributed by atoms with Crippen molar-refractivity contribution in [1.82, 2.24) is 5.32 Å². The maximum Gasteiger partial charge on any atom is 0.312 e. The molecule has 7 heteroatoms. The standard InChI is InChI=1S/C23H29NO6/c1-5-15(2)30-18-8-6-7-16(11-18)12-22(25)24-14-19(23(26)27)17-9-10-20(28-3)21(13-17)29-4/h6-11,13,15,19H,5,12,14H2,1-4H3,(H,24,25)(H,26,27). The molecule has 0 aromatic heterocycles. The Bertz CT molecular complexity index is 867. The summed E-state index contributed by atoms with van der Waals surface area (Å²) in [4.78, 5) is 24.2. The van der Waals surface area contributed by atoms with Gasteiger partial charge in [-0.3, -0.25) is 9.59 Å². The summed E-state index contributed by atoms with van der Waals surface area (Å²) in [5.41, 5.74) is 1.32. The van der Waals surface area contributed by atoms with Gasteiger partial charge in [-0.05, 0) is 48.7 Å². The highest BCUT2D eigenvalue weighted by Gasteiger charge is 2.22. The zero-order valence-corrected chi connectivity index (χ0v) is 17.8. The lowest BCUT2D eigenvalue weighted by molar-refractivity contribution is -0.138. The molecule has 0 saturated heterocycles. The molecule has 2 aromatic rings. The summed E-state index contributed by atoms with van der Waals surface area (Å²) in [6, 6.07) is 12.3. The first-order valence-corrected chi connectivity index (χ1v) is 9.84. The minimum atomic E-state index is -1.04. The summed E-state index contributed by atoms with van der Waals surface area (Å²) in [6.07, 6.45) is 1.11. The molecule has 0 bridgehead atoms. The Kier molecular flexibility index (Phi) is 8.53. The van der Waals surface area contributed by atoms with E-state index < -0.39 is 11.9 Å². The lowest BCUT2D eigenvalue weighted by Crippen LogP contribution is -2.32. The molecule has 2 N–H and O–H groups in total. The zero-order chi connectivity index (χ0) is 22.1. The second kappa shape index (κ2) is 11.1. The van der Waals surface area contributed by atoms with E-state index in [1.54, 1.807) is 18.2 Å². The number of carbonyl (C=O) groups is 2. The molecule has 0 aliphatic heterocycles. The Balaban J connectivity index is 2.02. The average Bonchev–Trinajstić information content (AvgIpc) is 2.73. The van der Waals surface area contributed by atoms with Gasteiger partial charge >= 0.3 is 5.97 Å². The lowest BCUT2D eigenvalue weighted by atomic mass is 9.98. The lowest BCUT2D eigenvalue weighted by Gasteiger charge is -2.16. The van der Waals surface area contributed by atoms with Gasteiger partial charge in [-0.15, -0.1) is 0 Å². The second-order valence-electron chi connectivity index (χ2n) is 6.97. The summed E-state index contributed by atoms with van der Waals surface area (Å²) in [5.74, 6) is -0.550. The average molecular weight is 415 g/mol. The van der Waals surface area contributed by atoms with Crippen molar-refractivity contribution in [3.8, 4) is 17.2 Å². The van der Waals surface area contributed by atoms with Gasteiger partial charge in [0.05, 0.1) is 32.7 Å². The van der Waals surface area contributed by atoms with Crippen LogP contribution in [0.2, 0.25) is 0 Å². The topological polar surface area (TPSA) is 94.1 Å². The largest absolute Gasteiger partial charge is 0.493 e. The summed E-state index contributed by atoms with van der Waals surface area (Å²) >= 11 is 0. The Morgan fingerprint density at radius 3 is 2.43 bits per heavy atom. The van der Waals surface area contributed by atoms with Gasteiger partial charge < -0.3 is 24.6 Å². The molecular formula is C23H29NO6. The fourth-order valence-electron chi connectivity index (χ4n) is 2.93. The molecule has 0 spiro atoms. The molecule has 0 aliphatic rings. The van der Waals surface area contributed by atoms with E-state index in [0.29, 0.717) is 22.8 Å². The van der Waals surface area contributed by atoms with Crippen molar-refractivity contribution in [2.75, 3.05) is 20.8 Å².